The summed E-state index contributed by atoms with van der Waals surface area (Å²) in [4.78, 5) is 12.2. The molecule has 8 heteroatoms. The van der Waals surface area contributed by atoms with Crippen molar-refractivity contribution in [2.45, 2.75) is 51.6 Å². The maximum atomic E-state index is 10.3. The third kappa shape index (κ3) is 5.98. The van der Waals surface area contributed by atoms with E-state index in [2.05, 4.69) is 124 Å². The molecule has 0 N–H and O–H groups in total. The van der Waals surface area contributed by atoms with Gasteiger partial charge in [-0.15, -0.1) is 0 Å². The summed E-state index contributed by atoms with van der Waals surface area (Å²) in [5.41, 5.74) is 9.30. The molecule has 8 nitrogen and oxygen atoms in total. The highest BCUT2D eigenvalue weighted by atomic mass is 15.1. The minimum absolute atomic E-state index is 0.343. The van der Waals surface area contributed by atoms with Gasteiger partial charge in [-0.3, -0.25) is 0 Å². The molecular formula is C46H38N8. The average molecular weight is 703 g/mol. The zero-order valence-corrected chi connectivity index (χ0v) is 29.9. The molecule has 0 aliphatic rings. The highest BCUT2D eigenvalue weighted by Gasteiger charge is 2.22. The molecule has 9 rings (SSSR count). The van der Waals surface area contributed by atoms with Gasteiger partial charge in [-0.25, -0.2) is 14.8 Å². The van der Waals surface area contributed by atoms with Crippen molar-refractivity contribution >= 4 is 49.3 Å². The molecule has 0 fully saturated rings. The standard InChI is InChI=1S/C46H38N8/c1-48-40-29-46(54-42-15-5-3-13-37(42)39-27-34(17-19-44(39)54)11-7-9-23-52-25-21-50-32-52)45(28-35(40)30-47)53-41-14-4-2-12-36(41)38-26-33(16-18-43(38)53)10-6-8-22-51-24-20-49-31-51/h2-5,12-21,24-29,31-32H,6-11,22-23H2. The van der Waals surface area contributed by atoms with Crippen LogP contribution >= 0.6 is 0 Å². The highest BCUT2D eigenvalue weighted by Crippen LogP contribution is 2.41. The van der Waals surface area contributed by atoms with Gasteiger partial charge in [-0.05, 0) is 98.2 Å². The smallest absolute Gasteiger partial charge is 0.206 e. The molecule has 0 spiro atoms. The first-order chi connectivity index (χ1) is 26.7. The summed E-state index contributed by atoms with van der Waals surface area (Å²) in [5.74, 6) is 0. The van der Waals surface area contributed by atoms with E-state index in [4.69, 9.17) is 6.57 Å². The van der Waals surface area contributed by atoms with E-state index in [0.29, 0.717) is 11.3 Å². The van der Waals surface area contributed by atoms with Crippen molar-refractivity contribution in [1.29, 1.82) is 5.26 Å². The van der Waals surface area contributed by atoms with E-state index < -0.39 is 0 Å². The predicted octanol–water partition coefficient (Wildman–Crippen LogP) is 10.7. The molecule has 4 heterocycles. The van der Waals surface area contributed by atoms with Gasteiger partial charge in [-0.2, -0.15) is 5.26 Å². The number of imidazole rings is 2. The zero-order chi connectivity index (χ0) is 36.4. The first-order valence-corrected chi connectivity index (χ1v) is 18.6. The summed E-state index contributed by atoms with van der Waals surface area (Å²) in [6, 6.07) is 36.8. The Balaban J connectivity index is 1.16. The Bertz CT molecular complexity index is 2660. The molecule has 262 valence electrons. The third-order valence-corrected chi connectivity index (χ3v) is 10.7. The number of aryl methyl sites for hydroxylation is 4. The maximum Gasteiger partial charge on any atom is 0.206 e. The second-order valence-electron chi connectivity index (χ2n) is 14.0. The first-order valence-electron chi connectivity index (χ1n) is 18.6. The number of benzene rings is 5. The Kier molecular flexibility index (Phi) is 8.70. The van der Waals surface area contributed by atoms with Gasteiger partial charge in [0.25, 0.3) is 0 Å². The minimum Gasteiger partial charge on any atom is -0.337 e. The maximum absolute atomic E-state index is 10.3. The van der Waals surface area contributed by atoms with Crippen molar-refractivity contribution in [3.8, 4) is 17.4 Å². The second-order valence-corrected chi connectivity index (χ2v) is 14.0. The number of hydrogen-bond donors (Lipinski definition) is 0. The molecule has 0 unspecified atom stereocenters. The molecule has 9 aromatic rings. The van der Waals surface area contributed by atoms with Crippen LogP contribution in [0.25, 0.3) is 59.8 Å². The van der Waals surface area contributed by atoms with Gasteiger partial charge in [0.15, 0.2) is 0 Å². The molecule has 5 aromatic carbocycles. The summed E-state index contributed by atoms with van der Waals surface area (Å²) in [6.07, 6.45) is 17.7. The monoisotopic (exact) mass is 702 g/mol. The summed E-state index contributed by atoms with van der Waals surface area (Å²) >= 11 is 0. The Labute approximate surface area is 313 Å². The van der Waals surface area contributed by atoms with E-state index in [1.165, 1.54) is 21.9 Å². The SMILES string of the molecule is [C-]#[N+]c1cc(-n2c3ccccc3c3cc(CCCCn4ccnc4)ccc32)c(-n2c3ccccc3c3cc(CCCCn4ccnc4)ccc32)cc1C#N. The van der Waals surface area contributed by atoms with Crippen LogP contribution in [-0.2, 0) is 25.9 Å². The number of unbranched alkanes of at least 4 members (excludes halogenated alkanes) is 2. The highest BCUT2D eigenvalue weighted by molar-refractivity contribution is 6.12. The molecule has 54 heavy (non-hydrogen) atoms. The number of para-hydroxylation sites is 2. The molecular weight excluding hydrogens is 665 g/mol. The van der Waals surface area contributed by atoms with E-state index in [9.17, 15) is 5.26 Å². The summed E-state index contributed by atoms with van der Waals surface area (Å²) in [7, 11) is 0. The lowest BCUT2D eigenvalue weighted by molar-refractivity contribution is 0.609. The number of nitriles is 1. The number of aromatic nitrogens is 6. The molecule has 0 saturated heterocycles. The van der Waals surface area contributed by atoms with Crippen molar-refractivity contribution in [1.82, 2.24) is 28.2 Å². The number of nitrogens with zero attached hydrogens (tertiary/aromatic N) is 8. The van der Waals surface area contributed by atoms with E-state index in [0.717, 1.165) is 95.8 Å². The lowest BCUT2D eigenvalue weighted by atomic mass is 10.0. The van der Waals surface area contributed by atoms with Crippen LogP contribution in [0.5, 0.6) is 0 Å². The molecule has 4 aromatic heterocycles. The topological polar surface area (TPSA) is 73.7 Å². The van der Waals surface area contributed by atoms with Crippen molar-refractivity contribution in [2.24, 2.45) is 0 Å². The van der Waals surface area contributed by atoms with E-state index in [1.54, 1.807) is 0 Å². The summed E-state index contributed by atoms with van der Waals surface area (Å²) in [5, 5.41) is 15.0. The number of hydrogen-bond acceptors (Lipinski definition) is 3. The van der Waals surface area contributed by atoms with Crippen LogP contribution in [0.2, 0.25) is 0 Å². The van der Waals surface area contributed by atoms with E-state index in [-0.39, 0.29) is 0 Å². The first kappa shape index (κ1) is 33.0. The third-order valence-electron chi connectivity index (χ3n) is 10.7. The Morgan fingerprint density at radius 3 is 1.56 bits per heavy atom. The molecule has 0 atom stereocenters. The second kappa shape index (κ2) is 14.3. The normalized spacial score (nSPS) is 11.5. The van der Waals surface area contributed by atoms with Crippen LogP contribution in [0.4, 0.5) is 5.69 Å². The molecule has 0 amide bonds. The zero-order valence-electron chi connectivity index (χ0n) is 29.9. The van der Waals surface area contributed by atoms with Crippen molar-refractivity contribution in [2.75, 3.05) is 0 Å². The molecule has 0 aliphatic carbocycles. The Morgan fingerprint density at radius 1 is 0.574 bits per heavy atom. The van der Waals surface area contributed by atoms with Gasteiger partial charge >= 0.3 is 0 Å². The van der Waals surface area contributed by atoms with Crippen molar-refractivity contribution < 1.29 is 0 Å². The fraction of sp³-hybridized carbons (Fsp3) is 0.174. The van der Waals surface area contributed by atoms with E-state index in [1.807, 2.05) is 49.6 Å². The van der Waals surface area contributed by atoms with Crippen LogP contribution in [-0.4, -0.2) is 28.2 Å². The largest absolute Gasteiger partial charge is 0.337 e. The average Bonchev–Trinajstić information content (AvgIpc) is 4.04. The van der Waals surface area contributed by atoms with Crippen LogP contribution < -0.4 is 0 Å². The van der Waals surface area contributed by atoms with Gasteiger partial charge in [0.1, 0.15) is 0 Å². The van der Waals surface area contributed by atoms with Gasteiger partial charge in [-0.1, -0.05) is 48.5 Å². The lowest BCUT2D eigenvalue weighted by Crippen LogP contribution is -2.04. The Morgan fingerprint density at radius 2 is 1.07 bits per heavy atom. The van der Waals surface area contributed by atoms with Crippen LogP contribution in [0, 0.1) is 17.9 Å². The van der Waals surface area contributed by atoms with Gasteiger partial charge in [0.05, 0.1) is 64.3 Å². The van der Waals surface area contributed by atoms with Gasteiger partial charge in [0.2, 0.25) is 5.69 Å². The number of fused-ring (bicyclic) bond motifs is 6. The predicted molar refractivity (Wildman–Crippen MR) is 216 cm³/mol. The Hall–Kier alpha value is -6.90. The lowest BCUT2D eigenvalue weighted by Gasteiger charge is -2.18. The van der Waals surface area contributed by atoms with Crippen LogP contribution in [0.1, 0.15) is 42.4 Å². The van der Waals surface area contributed by atoms with Crippen LogP contribution in [0.15, 0.2) is 135 Å². The van der Waals surface area contributed by atoms with Crippen molar-refractivity contribution in [3.05, 3.63) is 163 Å². The summed E-state index contributed by atoms with van der Waals surface area (Å²) in [6.45, 7) is 10.0. The fourth-order valence-corrected chi connectivity index (χ4v) is 8.06. The summed E-state index contributed by atoms with van der Waals surface area (Å²) < 4.78 is 8.83. The molecule has 0 radical (unpaired) electrons. The number of rotatable bonds is 12. The van der Waals surface area contributed by atoms with Crippen LogP contribution in [0.3, 0.4) is 0 Å². The minimum atomic E-state index is 0.343. The fourth-order valence-electron chi connectivity index (χ4n) is 8.06. The molecule has 0 bridgehead atoms. The quantitative estimate of drug-likeness (QED) is 0.0939. The van der Waals surface area contributed by atoms with Gasteiger partial charge < -0.3 is 18.3 Å². The van der Waals surface area contributed by atoms with E-state index >= 15 is 0 Å². The molecule has 0 saturated carbocycles. The van der Waals surface area contributed by atoms with Gasteiger partial charge in [0, 0.05) is 59.4 Å². The molecule has 0 aliphatic heterocycles. The van der Waals surface area contributed by atoms with Crippen molar-refractivity contribution in [3.63, 3.8) is 0 Å².